The van der Waals surface area contributed by atoms with Crippen LogP contribution < -0.4 is 0 Å². The van der Waals surface area contributed by atoms with Gasteiger partial charge in [-0.2, -0.15) is 0 Å². The number of rotatable bonds is 6. The van der Waals surface area contributed by atoms with Gasteiger partial charge >= 0.3 is 5.97 Å². The molecule has 0 saturated carbocycles. The van der Waals surface area contributed by atoms with Crippen molar-refractivity contribution in [3.63, 3.8) is 0 Å². The van der Waals surface area contributed by atoms with Gasteiger partial charge in [-0.1, -0.05) is 20.3 Å². The van der Waals surface area contributed by atoms with E-state index in [0.29, 0.717) is 6.42 Å². The van der Waals surface area contributed by atoms with Gasteiger partial charge in [0.15, 0.2) is 0 Å². The molecule has 0 aromatic heterocycles. The highest BCUT2D eigenvalue weighted by Gasteiger charge is 2.12. The van der Waals surface area contributed by atoms with Gasteiger partial charge in [-0.05, 0) is 19.8 Å². The fourth-order valence-electron chi connectivity index (χ4n) is 0.984. The van der Waals surface area contributed by atoms with Crippen LogP contribution in [0.15, 0.2) is 0 Å². The van der Waals surface area contributed by atoms with E-state index >= 15 is 0 Å². The molecule has 1 N–H and O–H groups in total. The van der Waals surface area contributed by atoms with Crippen LogP contribution in [-0.4, -0.2) is 23.3 Å². The summed E-state index contributed by atoms with van der Waals surface area (Å²) in [4.78, 5) is 11.1. The van der Waals surface area contributed by atoms with E-state index in [2.05, 4.69) is 0 Å². The van der Waals surface area contributed by atoms with E-state index in [4.69, 9.17) is 4.74 Å². The first-order chi connectivity index (χ1) is 6.10. The maximum atomic E-state index is 11.1. The fraction of sp³-hybridized carbons (Fsp3) is 0.900. The maximum absolute atomic E-state index is 11.1. The van der Waals surface area contributed by atoms with Crippen molar-refractivity contribution < 1.29 is 14.6 Å². The molecule has 0 saturated heterocycles. The summed E-state index contributed by atoms with van der Waals surface area (Å²) in [5.41, 5.74) is 0. The van der Waals surface area contributed by atoms with Crippen molar-refractivity contribution in [3.05, 3.63) is 0 Å². The number of carbonyl (C=O) groups excluding carboxylic acids is 1. The Balaban J connectivity index is 3.61. The second-order valence-corrected chi connectivity index (χ2v) is 3.36. The third-order valence-corrected chi connectivity index (χ3v) is 1.93. The van der Waals surface area contributed by atoms with E-state index in [-0.39, 0.29) is 18.5 Å². The fourth-order valence-corrected chi connectivity index (χ4v) is 0.984. The number of carbonyl (C=O) groups is 1. The van der Waals surface area contributed by atoms with Crippen LogP contribution in [0.5, 0.6) is 0 Å². The van der Waals surface area contributed by atoms with Crippen molar-refractivity contribution in [2.75, 3.05) is 0 Å². The lowest BCUT2D eigenvalue weighted by Crippen LogP contribution is -2.19. The minimum absolute atomic E-state index is 0.0404. The Hall–Kier alpha value is -0.570. The third-order valence-electron chi connectivity index (χ3n) is 1.93. The van der Waals surface area contributed by atoms with Gasteiger partial charge in [-0.15, -0.1) is 0 Å². The summed E-state index contributed by atoms with van der Waals surface area (Å²) in [5.74, 6) is -0.296. The lowest BCUT2D eigenvalue weighted by molar-refractivity contribution is -0.150. The summed E-state index contributed by atoms with van der Waals surface area (Å²) in [6, 6.07) is 0. The number of esters is 1. The van der Waals surface area contributed by atoms with E-state index in [1.165, 1.54) is 0 Å². The molecular formula is C10H20O3. The summed E-state index contributed by atoms with van der Waals surface area (Å²) < 4.78 is 5.02. The van der Waals surface area contributed by atoms with Crippen molar-refractivity contribution in [2.45, 2.75) is 58.7 Å². The van der Waals surface area contributed by atoms with Gasteiger partial charge < -0.3 is 9.84 Å². The molecule has 0 aliphatic rings. The first kappa shape index (κ1) is 12.4. The highest BCUT2D eigenvalue weighted by Crippen LogP contribution is 2.05. The van der Waals surface area contributed by atoms with Crippen molar-refractivity contribution >= 4 is 5.97 Å². The van der Waals surface area contributed by atoms with E-state index in [1.807, 2.05) is 20.8 Å². The van der Waals surface area contributed by atoms with Gasteiger partial charge in [0.1, 0.15) is 0 Å². The highest BCUT2D eigenvalue weighted by atomic mass is 16.5. The van der Waals surface area contributed by atoms with Gasteiger partial charge in [0.05, 0.1) is 18.6 Å². The molecule has 13 heavy (non-hydrogen) atoms. The molecule has 0 fully saturated rings. The summed E-state index contributed by atoms with van der Waals surface area (Å²) >= 11 is 0. The monoisotopic (exact) mass is 188 g/mol. The van der Waals surface area contributed by atoms with Gasteiger partial charge in [-0.3, -0.25) is 4.79 Å². The Morgan fingerprint density at radius 2 is 2.08 bits per heavy atom. The maximum Gasteiger partial charge on any atom is 0.308 e. The van der Waals surface area contributed by atoms with Crippen LogP contribution in [0.4, 0.5) is 0 Å². The lowest BCUT2D eigenvalue weighted by Gasteiger charge is -2.13. The number of aliphatic hydroxyl groups is 1. The second-order valence-electron chi connectivity index (χ2n) is 3.36. The molecule has 0 bridgehead atoms. The van der Waals surface area contributed by atoms with Crippen LogP contribution in [0.25, 0.3) is 0 Å². The van der Waals surface area contributed by atoms with Gasteiger partial charge in [0.2, 0.25) is 0 Å². The third kappa shape index (κ3) is 6.58. The largest absolute Gasteiger partial charge is 0.463 e. The molecule has 3 nitrogen and oxygen atoms in total. The minimum Gasteiger partial charge on any atom is -0.463 e. The summed E-state index contributed by atoms with van der Waals surface area (Å²) in [6.07, 6.45) is 1.91. The quantitative estimate of drug-likeness (QED) is 0.647. The zero-order valence-corrected chi connectivity index (χ0v) is 8.75. The average molecular weight is 188 g/mol. The molecule has 0 aromatic rings. The molecule has 2 unspecified atom stereocenters. The molecule has 0 aliphatic heterocycles. The van der Waals surface area contributed by atoms with Crippen LogP contribution in [0.1, 0.15) is 46.5 Å². The number of hydrogen-bond donors (Lipinski definition) is 1. The molecule has 0 radical (unpaired) electrons. The molecule has 3 heteroatoms. The van der Waals surface area contributed by atoms with Crippen LogP contribution in [0.2, 0.25) is 0 Å². The van der Waals surface area contributed by atoms with Crippen LogP contribution >= 0.6 is 0 Å². The van der Waals surface area contributed by atoms with Crippen molar-refractivity contribution in [1.29, 1.82) is 0 Å². The van der Waals surface area contributed by atoms with E-state index in [0.717, 1.165) is 12.8 Å². The number of ether oxygens (including phenoxy) is 1. The van der Waals surface area contributed by atoms with Crippen molar-refractivity contribution in [2.24, 2.45) is 0 Å². The Kier molecular flexibility index (Phi) is 6.59. The molecule has 0 spiro atoms. The normalized spacial score (nSPS) is 15.1. The number of aliphatic hydroxyl groups excluding tert-OH is 1. The standard InChI is InChI=1S/C10H20O3/c1-4-6-9(11)7-10(12)13-8(3)5-2/h8-9,11H,4-7H2,1-3H3. The molecule has 0 rings (SSSR count). The van der Waals surface area contributed by atoms with E-state index in [1.54, 1.807) is 0 Å². The second kappa shape index (κ2) is 6.89. The van der Waals surface area contributed by atoms with Crippen LogP contribution in [-0.2, 0) is 9.53 Å². The van der Waals surface area contributed by atoms with Gasteiger partial charge in [0, 0.05) is 0 Å². The molecule has 0 aromatic carbocycles. The SMILES string of the molecule is CCCC(O)CC(=O)OC(C)CC. The minimum atomic E-state index is -0.540. The predicted molar refractivity (Wildman–Crippen MR) is 51.4 cm³/mol. The lowest BCUT2D eigenvalue weighted by atomic mass is 10.1. The van der Waals surface area contributed by atoms with E-state index < -0.39 is 6.10 Å². The summed E-state index contributed by atoms with van der Waals surface area (Å²) in [5, 5.41) is 9.30. The topological polar surface area (TPSA) is 46.5 Å². The average Bonchev–Trinajstić information content (AvgIpc) is 2.04. The summed E-state index contributed by atoms with van der Waals surface area (Å²) in [6.45, 7) is 5.79. The van der Waals surface area contributed by atoms with E-state index in [9.17, 15) is 9.90 Å². The van der Waals surface area contributed by atoms with Gasteiger partial charge in [-0.25, -0.2) is 0 Å². The zero-order valence-electron chi connectivity index (χ0n) is 8.75. The predicted octanol–water partition coefficient (Wildman–Crippen LogP) is 1.88. The smallest absolute Gasteiger partial charge is 0.308 e. The Morgan fingerprint density at radius 1 is 1.46 bits per heavy atom. The van der Waals surface area contributed by atoms with Crippen LogP contribution in [0.3, 0.4) is 0 Å². The molecule has 2 atom stereocenters. The van der Waals surface area contributed by atoms with Crippen molar-refractivity contribution in [3.8, 4) is 0 Å². The molecular weight excluding hydrogens is 168 g/mol. The molecule has 0 heterocycles. The first-order valence-corrected chi connectivity index (χ1v) is 4.97. The van der Waals surface area contributed by atoms with Crippen LogP contribution in [0, 0.1) is 0 Å². The zero-order chi connectivity index (χ0) is 10.3. The Morgan fingerprint density at radius 3 is 2.54 bits per heavy atom. The summed E-state index contributed by atoms with van der Waals surface area (Å²) in [7, 11) is 0. The first-order valence-electron chi connectivity index (χ1n) is 4.97. The molecule has 78 valence electrons. The number of hydrogen-bond acceptors (Lipinski definition) is 3. The van der Waals surface area contributed by atoms with Crippen molar-refractivity contribution in [1.82, 2.24) is 0 Å². The Bertz CT molecular complexity index is 145. The molecule has 0 amide bonds. The highest BCUT2D eigenvalue weighted by molar-refractivity contribution is 5.70. The Labute approximate surface area is 80.1 Å². The molecule has 0 aliphatic carbocycles. The van der Waals surface area contributed by atoms with Gasteiger partial charge in [0.25, 0.3) is 0 Å².